The smallest absolute Gasteiger partial charge is 0.288 e. The fourth-order valence-electron chi connectivity index (χ4n) is 2.48. The topological polar surface area (TPSA) is 49.4 Å². The highest BCUT2D eigenvalue weighted by Crippen LogP contribution is 2.32. The van der Waals surface area contributed by atoms with Crippen molar-refractivity contribution in [1.82, 2.24) is 4.90 Å². The lowest BCUT2D eigenvalue weighted by Gasteiger charge is -2.31. The molecule has 0 spiro atoms. The zero-order chi connectivity index (χ0) is 16.1. The number of piperidine rings is 1. The quantitative estimate of drug-likeness (QED) is 0.864. The first-order chi connectivity index (χ1) is 10.5. The fraction of sp³-hybridized carbons (Fsp3) is 0.467. The third-order valence-corrected chi connectivity index (χ3v) is 4.39. The van der Waals surface area contributed by atoms with Crippen LogP contribution in [0.4, 0.5) is 14.5 Å². The number of likely N-dealkylation sites (tertiary alicyclic amines) is 1. The number of hydrogen-bond donors (Lipinski definition) is 1. The van der Waals surface area contributed by atoms with Gasteiger partial charge in [-0.2, -0.15) is 8.78 Å². The van der Waals surface area contributed by atoms with E-state index in [4.69, 9.17) is 0 Å². The van der Waals surface area contributed by atoms with E-state index in [9.17, 15) is 18.4 Å². The minimum atomic E-state index is -2.54. The number of rotatable bonds is 4. The Bertz CT molecular complexity index is 554. The molecule has 22 heavy (non-hydrogen) atoms. The van der Waals surface area contributed by atoms with Crippen LogP contribution in [0.2, 0.25) is 0 Å². The second-order valence-electron chi connectivity index (χ2n) is 5.17. The number of halogens is 2. The van der Waals surface area contributed by atoms with Gasteiger partial charge in [-0.3, -0.25) is 9.59 Å². The van der Waals surface area contributed by atoms with E-state index < -0.39 is 5.76 Å². The van der Waals surface area contributed by atoms with Gasteiger partial charge in [-0.1, -0.05) is 23.9 Å². The number of hydrogen-bond acceptors (Lipinski definition) is 3. The second kappa shape index (κ2) is 7.58. The Morgan fingerprint density at radius 3 is 2.77 bits per heavy atom. The molecule has 1 unspecified atom stereocenters. The number of para-hydroxylation sites is 1. The Balaban J connectivity index is 2.04. The minimum Gasteiger partial charge on any atom is -0.342 e. The van der Waals surface area contributed by atoms with Crippen LogP contribution in [-0.4, -0.2) is 35.6 Å². The third kappa shape index (κ3) is 4.43. The molecule has 1 aromatic carbocycles. The van der Waals surface area contributed by atoms with Crippen LogP contribution < -0.4 is 5.32 Å². The van der Waals surface area contributed by atoms with E-state index in [2.05, 4.69) is 5.32 Å². The Kier molecular flexibility index (Phi) is 5.76. The summed E-state index contributed by atoms with van der Waals surface area (Å²) >= 11 is 0.407. The van der Waals surface area contributed by atoms with Gasteiger partial charge in [0, 0.05) is 24.9 Å². The molecule has 0 bridgehead atoms. The molecule has 1 saturated heterocycles. The monoisotopic (exact) mass is 328 g/mol. The number of benzene rings is 1. The van der Waals surface area contributed by atoms with Gasteiger partial charge in [-0.15, -0.1) is 0 Å². The number of amides is 2. The van der Waals surface area contributed by atoms with Crippen molar-refractivity contribution in [3.05, 3.63) is 24.3 Å². The van der Waals surface area contributed by atoms with Gasteiger partial charge >= 0.3 is 0 Å². The first kappa shape index (κ1) is 16.7. The summed E-state index contributed by atoms with van der Waals surface area (Å²) < 4.78 is 25.1. The van der Waals surface area contributed by atoms with Crippen molar-refractivity contribution in [2.24, 2.45) is 5.92 Å². The van der Waals surface area contributed by atoms with Gasteiger partial charge in [0.25, 0.3) is 5.76 Å². The third-order valence-electron chi connectivity index (χ3n) is 3.60. The summed E-state index contributed by atoms with van der Waals surface area (Å²) in [5.74, 6) is -3.12. The Hall–Kier alpha value is -1.63. The summed E-state index contributed by atoms with van der Waals surface area (Å²) in [6, 6.07) is 6.50. The van der Waals surface area contributed by atoms with E-state index >= 15 is 0 Å². The summed E-state index contributed by atoms with van der Waals surface area (Å²) in [7, 11) is 0. The van der Waals surface area contributed by atoms with E-state index in [0.717, 1.165) is 6.42 Å². The predicted octanol–water partition coefficient (Wildman–Crippen LogP) is 3.20. The molecule has 0 aromatic heterocycles. The number of anilines is 1. The molecule has 1 atom stereocenters. The average Bonchev–Trinajstić information content (AvgIpc) is 2.49. The largest absolute Gasteiger partial charge is 0.342 e. The standard InChI is InChI=1S/C15H18F2N2O2S/c1-10(20)19-8-4-5-11(9-19)14(21)18-12-6-2-3-7-13(12)22-15(16)17/h2-3,6-7,11,15H,4-5,8-9H2,1H3,(H,18,21). The van der Waals surface area contributed by atoms with Crippen LogP contribution in [0.25, 0.3) is 0 Å². The zero-order valence-electron chi connectivity index (χ0n) is 12.2. The number of nitrogens with one attached hydrogen (secondary N) is 1. The van der Waals surface area contributed by atoms with Crippen LogP contribution in [0.5, 0.6) is 0 Å². The lowest BCUT2D eigenvalue weighted by molar-refractivity contribution is -0.132. The van der Waals surface area contributed by atoms with Crippen molar-refractivity contribution in [1.29, 1.82) is 0 Å². The molecule has 1 fully saturated rings. The van der Waals surface area contributed by atoms with Crippen LogP contribution in [0.3, 0.4) is 0 Å². The molecule has 4 nitrogen and oxygen atoms in total. The Morgan fingerprint density at radius 2 is 2.09 bits per heavy atom. The minimum absolute atomic E-state index is 0.0499. The molecule has 7 heteroatoms. The van der Waals surface area contributed by atoms with Crippen LogP contribution in [0, 0.1) is 5.92 Å². The molecule has 1 aliphatic rings. The van der Waals surface area contributed by atoms with Gasteiger partial charge in [0.1, 0.15) is 0 Å². The zero-order valence-corrected chi connectivity index (χ0v) is 13.0. The molecule has 0 aliphatic carbocycles. The summed E-state index contributed by atoms with van der Waals surface area (Å²) in [6.45, 7) is 2.52. The Labute approximate surface area is 132 Å². The van der Waals surface area contributed by atoms with Crippen molar-refractivity contribution >= 4 is 29.3 Å². The molecule has 1 N–H and O–H groups in total. The summed E-state index contributed by atoms with van der Waals surface area (Å²) in [5, 5.41) is 2.71. The maximum atomic E-state index is 12.5. The molecule has 1 heterocycles. The first-order valence-corrected chi connectivity index (χ1v) is 7.95. The van der Waals surface area contributed by atoms with Crippen LogP contribution in [0.1, 0.15) is 19.8 Å². The van der Waals surface area contributed by atoms with Gasteiger partial charge < -0.3 is 10.2 Å². The summed E-state index contributed by atoms with van der Waals surface area (Å²) in [5.41, 5.74) is 0.387. The van der Waals surface area contributed by atoms with Crippen molar-refractivity contribution in [3.63, 3.8) is 0 Å². The molecule has 2 amide bonds. The maximum Gasteiger partial charge on any atom is 0.288 e. The van der Waals surface area contributed by atoms with Gasteiger partial charge in [0.2, 0.25) is 11.8 Å². The molecule has 120 valence electrons. The highest BCUT2D eigenvalue weighted by Gasteiger charge is 2.27. The first-order valence-electron chi connectivity index (χ1n) is 7.07. The Morgan fingerprint density at radius 1 is 1.36 bits per heavy atom. The highest BCUT2D eigenvalue weighted by molar-refractivity contribution is 7.99. The number of nitrogens with zero attached hydrogens (tertiary/aromatic N) is 1. The molecule has 0 radical (unpaired) electrons. The van der Waals surface area contributed by atoms with Gasteiger partial charge in [-0.25, -0.2) is 0 Å². The van der Waals surface area contributed by atoms with Gasteiger partial charge in [-0.05, 0) is 25.0 Å². The number of carbonyl (C=O) groups is 2. The fourth-order valence-corrected chi connectivity index (χ4v) is 3.08. The van der Waals surface area contributed by atoms with Crippen molar-refractivity contribution in [2.75, 3.05) is 18.4 Å². The molecule has 1 aliphatic heterocycles. The molecular formula is C15H18F2N2O2S. The van der Waals surface area contributed by atoms with Crippen molar-refractivity contribution < 1.29 is 18.4 Å². The molecule has 1 aromatic rings. The average molecular weight is 328 g/mol. The van der Waals surface area contributed by atoms with Crippen LogP contribution in [0.15, 0.2) is 29.2 Å². The predicted molar refractivity (Wildman–Crippen MR) is 81.9 cm³/mol. The van der Waals surface area contributed by atoms with E-state index in [0.29, 0.717) is 41.9 Å². The maximum absolute atomic E-state index is 12.5. The van der Waals surface area contributed by atoms with E-state index in [1.54, 1.807) is 29.2 Å². The lowest BCUT2D eigenvalue weighted by Crippen LogP contribution is -2.42. The van der Waals surface area contributed by atoms with Crippen molar-refractivity contribution in [2.45, 2.75) is 30.4 Å². The van der Waals surface area contributed by atoms with Crippen LogP contribution >= 0.6 is 11.8 Å². The van der Waals surface area contributed by atoms with Crippen LogP contribution in [-0.2, 0) is 9.59 Å². The van der Waals surface area contributed by atoms with Crippen molar-refractivity contribution in [3.8, 4) is 0 Å². The van der Waals surface area contributed by atoms with E-state index in [1.165, 1.54) is 6.92 Å². The molecular weight excluding hydrogens is 310 g/mol. The number of thioether (sulfide) groups is 1. The molecule has 2 rings (SSSR count). The second-order valence-corrected chi connectivity index (χ2v) is 6.20. The molecule has 0 saturated carbocycles. The lowest BCUT2D eigenvalue weighted by atomic mass is 9.97. The highest BCUT2D eigenvalue weighted by atomic mass is 32.2. The van der Waals surface area contributed by atoms with E-state index in [-0.39, 0.29) is 17.7 Å². The van der Waals surface area contributed by atoms with E-state index in [1.807, 2.05) is 0 Å². The SMILES string of the molecule is CC(=O)N1CCCC(C(=O)Nc2ccccc2SC(F)F)C1. The normalized spacial score (nSPS) is 18.4. The number of carbonyl (C=O) groups excluding carboxylic acids is 2. The number of alkyl halides is 2. The van der Waals surface area contributed by atoms with Gasteiger partial charge in [0.15, 0.2) is 0 Å². The summed E-state index contributed by atoms with van der Waals surface area (Å²) in [6.07, 6.45) is 1.46. The summed E-state index contributed by atoms with van der Waals surface area (Å²) in [4.78, 5) is 25.7. The van der Waals surface area contributed by atoms with Gasteiger partial charge in [0.05, 0.1) is 11.6 Å².